The highest BCUT2D eigenvalue weighted by Gasteiger charge is 2.26. The summed E-state index contributed by atoms with van der Waals surface area (Å²) in [5.74, 6) is 1.18. The van der Waals surface area contributed by atoms with Crippen LogP contribution in [-0.2, 0) is 0 Å². The van der Waals surface area contributed by atoms with Gasteiger partial charge in [-0.25, -0.2) is 9.97 Å². The molecule has 1 amide bonds. The molecule has 0 saturated heterocycles. The van der Waals surface area contributed by atoms with Crippen LogP contribution in [0, 0.1) is 27.7 Å². The minimum atomic E-state index is -0.275. The van der Waals surface area contributed by atoms with Crippen LogP contribution in [0.2, 0.25) is 0 Å². The fourth-order valence-electron chi connectivity index (χ4n) is 3.89. The molecule has 6 nitrogen and oxygen atoms in total. The molecule has 174 valence electrons. The maximum atomic E-state index is 13.0. The first-order valence-corrected chi connectivity index (χ1v) is 11.9. The number of carbonyl (C=O) groups is 1. The summed E-state index contributed by atoms with van der Waals surface area (Å²) < 4.78 is 5.36. The van der Waals surface area contributed by atoms with Gasteiger partial charge >= 0.3 is 0 Å². The second-order valence-corrected chi connectivity index (χ2v) is 9.40. The Morgan fingerprint density at radius 1 is 0.941 bits per heavy atom. The zero-order valence-electron chi connectivity index (χ0n) is 20.0. The van der Waals surface area contributed by atoms with Gasteiger partial charge in [-0.15, -0.1) is 11.3 Å². The van der Waals surface area contributed by atoms with Crippen molar-refractivity contribution >= 4 is 28.2 Å². The lowest BCUT2D eigenvalue weighted by Crippen LogP contribution is -2.19. The van der Waals surface area contributed by atoms with Gasteiger partial charge in [-0.1, -0.05) is 30.3 Å². The Balaban J connectivity index is 1.79. The highest BCUT2D eigenvalue weighted by molar-refractivity contribution is 7.16. The number of amides is 1. The van der Waals surface area contributed by atoms with E-state index in [-0.39, 0.29) is 11.9 Å². The second-order valence-electron chi connectivity index (χ2n) is 8.17. The van der Waals surface area contributed by atoms with Crippen molar-refractivity contribution in [3.8, 4) is 5.75 Å². The number of thiophene rings is 1. The van der Waals surface area contributed by atoms with Crippen LogP contribution < -0.4 is 15.4 Å². The number of nitrogens with one attached hydrogen (secondary N) is 2. The van der Waals surface area contributed by atoms with E-state index in [1.54, 1.807) is 18.4 Å². The van der Waals surface area contributed by atoms with Gasteiger partial charge in [0, 0.05) is 27.4 Å². The monoisotopic (exact) mass is 472 g/mol. The first-order valence-electron chi connectivity index (χ1n) is 11.0. The van der Waals surface area contributed by atoms with Crippen LogP contribution in [0.4, 0.5) is 10.9 Å². The number of nitrogens with zero attached hydrogens (tertiary/aromatic N) is 2. The third kappa shape index (κ3) is 5.10. The lowest BCUT2D eigenvalue weighted by atomic mass is 9.96. The van der Waals surface area contributed by atoms with Gasteiger partial charge in [0.2, 0.25) is 5.95 Å². The van der Waals surface area contributed by atoms with Gasteiger partial charge in [0.15, 0.2) is 0 Å². The Kier molecular flexibility index (Phi) is 6.93. The van der Waals surface area contributed by atoms with Crippen LogP contribution in [-0.4, -0.2) is 23.0 Å². The smallest absolute Gasteiger partial charge is 0.256 e. The molecule has 0 radical (unpaired) electrons. The molecule has 2 heterocycles. The molecular formula is C27H28N4O2S. The standard InChI is InChI=1S/C27H28N4O2S/c1-16-15-17(2)29-27(28-16)30-24(20-11-13-22(33-5)14-12-20)23-18(3)19(4)34-26(23)31-25(32)21-9-7-6-8-10-21/h6-15,24H,1-5H3,(H,31,32)(H,28,29,30). The predicted molar refractivity (Wildman–Crippen MR) is 138 cm³/mol. The van der Waals surface area contributed by atoms with Crippen LogP contribution >= 0.6 is 11.3 Å². The number of methoxy groups -OCH3 is 1. The molecule has 0 bridgehead atoms. The number of carbonyl (C=O) groups excluding carboxylic acids is 1. The van der Waals surface area contributed by atoms with E-state index in [4.69, 9.17) is 4.74 Å². The van der Waals surface area contributed by atoms with Gasteiger partial charge in [-0.3, -0.25) is 4.79 Å². The topological polar surface area (TPSA) is 76.1 Å². The normalized spacial score (nSPS) is 11.7. The van der Waals surface area contributed by atoms with Crippen molar-refractivity contribution in [3.63, 3.8) is 0 Å². The summed E-state index contributed by atoms with van der Waals surface area (Å²) >= 11 is 1.57. The number of hydrogen-bond acceptors (Lipinski definition) is 6. The Hall–Kier alpha value is -3.71. The molecule has 0 aliphatic rings. The third-order valence-electron chi connectivity index (χ3n) is 5.69. The van der Waals surface area contributed by atoms with Crippen molar-refractivity contribution in [1.82, 2.24) is 9.97 Å². The Morgan fingerprint density at radius 3 is 2.21 bits per heavy atom. The maximum Gasteiger partial charge on any atom is 0.256 e. The molecule has 7 heteroatoms. The molecule has 34 heavy (non-hydrogen) atoms. The quantitative estimate of drug-likeness (QED) is 0.333. The number of ether oxygens (including phenoxy) is 1. The molecule has 2 aromatic carbocycles. The molecule has 4 rings (SSSR count). The Morgan fingerprint density at radius 2 is 1.59 bits per heavy atom. The molecule has 2 aromatic heterocycles. The van der Waals surface area contributed by atoms with Crippen LogP contribution in [0.15, 0.2) is 60.7 Å². The van der Waals surface area contributed by atoms with Gasteiger partial charge in [0.1, 0.15) is 10.8 Å². The summed E-state index contributed by atoms with van der Waals surface area (Å²) in [4.78, 5) is 23.4. The van der Waals surface area contributed by atoms with Gasteiger partial charge in [0.25, 0.3) is 5.91 Å². The lowest BCUT2D eigenvalue weighted by Gasteiger charge is -2.22. The largest absolute Gasteiger partial charge is 0.497 e. The summed E-state index contributed by atoms with van der Waals surface area (Å²) in [6, 6.07) is 18.8. The number of hydrogen-bond donors (Lipinski definition) is 2. The molecule has 1 atom stereocenters. The number of rotatable bonds is 7. The van der Waals surface area contributed by atoms with Crippen LogP contribution in [0.1, 0.15) is 49.4 Å². The SMILES string of the molecule is COc1ccc(C(Nc2nc(C)cc(C)n2)c2c(NC(=O)c3ccccc3)sc(C)c2C)cc1. The van der Waals surface area contributed by atoms with Gasteiger partial charge < -0.3 is 15.4 Å². The van der Waals surface area contributed by atoms with E-state index in [1.165, 1.54) is 0 Å². The van der Waals surface area contributed by atoms with E-state index >= 15 is 0 Å². The Bertz CT molecular complexity index is 1280. The van der Waals surface area contributed by atoms with Crippen molar-refractivity contribution in [2.75, 3.05) is 17.7 Å². The molecule has 0 aliphatic heterocycles. The molecule has 2 N–H and O–H groups in total. The zero-order valence-corrected chi connectivity index (χ0v) is 20.8. The molecule has 0 saturated carbocycles. The highest BCUT2D eigenvalue weighted by Crippen LogP contribution is 2.41. The van der Waals surface area contributed by atoms with E-state index in [2.05, 4.69) is 34.4 Å². The van der Waals surface area contributed by atoms with Gasteiger partial charge in [0.05, 0.1) is 13.2 Å². The number of benzene rings is 2. The zero-order chi connectivity index (χ0) is 24.2. The van der Waals surface area contributed by atoms with Crippen LogP contribution in [0.25, 0.3) is 0 Å². The molecule has 0 aliphatic carbocycles. The molecule has 1 unspecified atom stereocenters. The van der Waals surface area contributed by atoms with E-state index < -0.39 is 0 Å². The summed E-state index contributed by atoms with van der Waals surface area (Å²) in [5, 5.41) is 7.48. The Labute approximate surface area is 204 Å². The minimum Gasteiger partial charge on any atom is -0.497 e. The molecular weight excluding hydrogens is 444 g/mol. The first-order chi connectivity index (χ1) is 16.4. The lowest BCUT2D eigenvalue weighted by molar-refractivity contribution is 0.102. The summed E-state index contributed by atoms with van der Waals surface area (Å²) in [6.07, 6.45) is 0. The highest BCUT2D eigenvalue weighted by atomic mass is 32.1. The van der Waals surface area contributed by atoms with Crippen molar-refractivity contribution in [3.05, 3.63) is 99.2 Å². The third-order valence-corrected chi connectivity index (χ3v) is 6.83. The summed E-state index contributed by atoms with van der Waals surface area (Å²) in [6.45, 7) is 8.06. The van der Waals surface area contributed by atoms with Gasteiger partial charge in [-0.2, -0.15) is 0 Å². The average molecular weight is 473 g/mol. The van der Waals surface area contributed by atoms with Crippen molar-refractivity contribution < 1.29 is 9.53 Å². The second kappa shape index (κ2) is 10.1. The predicted octanol–water partition coefficient (Wildman–Crippen LogP) is 6.23. The molecule has 0 fully saturated rings. The van der Waals surface area contributed by atoms with E-state index in [0.29, 0.717) is 11.5 Å². The average Bonchev–Trinajstić information content (AvgIpc) is 3.10. The number of aromatic nitrogens is 2. The number of anilines is 2. The first kappa shape index (κ1) is 23.4. The van der Waals surface area contributed by atoms with Crippen molar-refractivity contribution in [1.29, 1.82) is 0 Å². The van der Waals surface area contributed by atoms with Crippen LogP contribution in [0.3, 0.4) is 0 Å². The maximum absolute atomic E-state index is 13.0. The molecule has 0 spiro atoms. The van der Waals surface area contributed by atoms with E-state index in [1.807, 2.05) is 74.5 Å². The fraction of sp³-hybridized carbons (Fsp3) is 0.222. The minimum absolute atomic E-state index is 0.140. The van der Waals surface area contributed by atoms with E-state index in [0.717, 1.165) is 43.7 Å². The van der Waals surface area contributed by atoms with E-state index in [9.17, 15) is 4.79 Å². The fourth-order valence-corrected chi connectivity index (χ4v) is 4.98. The van der Waals surface area contributed by atoms with Crippen molar-refractivity contribution in [2.45, 2.75) is 33.7 Å². The number of aryl methyl sites for hydroxylation is 3. The molecule has 4 aromatic rings. The van der Waals surface area contributed by atoms with Crippen LogP contribution in [0.5, 0.6) is 5.75 Å². The summed E-state index contributed by atoms with van der Waals surface area (Å²) in [7, 11) is 1.65. The summed E-state index contributed by atoms with van der Waals surface area (Å²) in [5.41, 5.74) is 5.52. The van der Waals surface area contributed by atoms with Gasteiger partial charge in [-0.05, 0) is 69.2 Å². The van der Waals surface area contributed by atoms with Crippen molar-refractivity contribution in [2.24, 2.45) is 0 Å².